The van der Waals surface area contributed by atoms with Gasteiger partial charge in [-0.25, -0.2) is 0 Å². The molecule has 1 amide bonds. The summed E-state index contributed by atoms with van der Waals surface area (Å²) in [6.45, 7) is 2.85. The third-order valence-corrected chi connectivity index (χ3v) is 3.40. The van der Waals surface area contributed by atoms with E-state index >= 15 is 0 Å². The van der Waals surface area contributed by atoms with E-state index < -0.39 is 0 Å². The molecule has 0 saturated carbocycles. The average molecular weight is 308 g/mol. The van der Waals surface area contributed by atoms with Gasteiger partial charge >= 0.3 is 0 Å². The molecule has 0 heterocycles. The van der Waals surface area contributed by atoms with Gasteiger partial charge in [-0.15, -0.1) is 0 Å². The molecule has 0 aliphatic rings. The molecule has 0 aliphatic carbocycles. The molecule has 0 atom stereocenters. The maximum atomic E-state index is 12.2. The van der Waals surface area contributed by atoms with Gasteiger partial charge in [0, 0.05) is 11.3 Å². The van der Waals surface area contributed by atoms with Crippen LogP contribution >= 0.6 is 0 Å². The number of amides is 1. The van der Waals surface area contributed by atoms with Crippen molar-refractivity contribution in [3.63, 3.8) is 0 Å². The maximum absolute atomic E-state index is 12.2. The highest BCUT2D eigenvalue weighted by molar-refractivity contribution is 6.04. The molecule has 0 bridgehead atoms. The number of ether oxygens (including phenoxy) is 1. The van der Waals surface area contributed by atoms with Crippen LogP contribution in [0.2, 0.25) is 0 Å². The van der Waals surface area contributed by atoms with Gasteiger partial charge in [-0.1, -0.05) is 19.8 Å². The van der Waals surface area contributed by atoms with E-state index in [1.807, 2.05) is 6.07 Å². The quantitative estimate of drug-likeness (QED) is 0.772. The first-order valence-electron chi connectivity index (χ1n) is 7.77. The summed E-state index contributed by atoms with van der Waals surface area (Å²) in [5.74, 6) is 0.586. The van der Waals surface area contributed by atoms with E-state index in [2.05, 4.69) is 12.2 Å². The number of nitrogens with one attached hydrogen (secondary N) is 1. The molecule has 118 valence electrons. The van der Waals surface area contributed by atoms with Gasteiger partial charge in [0.25, 0.3) is 5.91 Å². The zero-order valence-electron chi connectivity index (χ0n) is 13.2. The summed E-state index contributed by atoms with van der Waals surface area (Å²) in [4.78, 5) is 12.2. The van der Waals surface area contributed by atoms with Gasteiger partial charge in [-0.3, -0.25) is 4.79 Å². The Balaban J connectivity index is 1.90. The number of rotatable bonds is 7. The van der Waals surface area contributed by atoms with Crippen LogP contribution in [0, 0.1) is 11.3 Å². The number of carbonyl (C=O) groups excluding carboxylic acids is 1. The molecule has 4 heteroatoms. The minimum atomic E-state index is -0.188. The normalized spacial score (nSPS) is 9.91. The van der Waals surface area contributed by atoms with Crippen molar-refractivity contribution >= 4 is 11.6 Å². The summed E-state index contributed by atoms with van der Waals surface area (Å²) >= 11 is 0. The van der Waals surface area contributed by atoms with Crippen LogP contribution in [0.1, 0.15) is 42.1 Å². The van der Waals surface area contributed by atoms with Crippen LogP contribution < -0.4 is 10.1 Å². The van der Waals surface area contributed by atoms with Crippen molar-refractivity contribution in [1.82, 2.24) is 0 Å². The van der Waals surface area contributed by atoms with Crippen LogP contribution in [0.25, 0.3) is 0 Å². The van der Waals surface area contributed by atoms with Crippen LogP contribution in [0.3, 0.4) is 0 Å². The number of benzene rings is 2. The summed E-state index contributed by atoms with van der Waals surface area (Å²) in [6.07, 6.45) is 3.36. The van der Waals surface area contributed by atoms with Gasteiger partial charge in [0.1, 0.15) is 5.75 Å². The molecule has 23 heavy (non-hydrogen) atoms. The molecular weight excluding hydrogens is 288 g/mol. The topological polar surface area (TPSA) is 62.1 Å². The van der Waals surface area contributed by atoms with Gasteiger partial charge < -0.3 is 10.1 Å². The zero-order valence-corrected chi connectivity index (χ0v) is 13.2. The van der Waals surface area contributed by atoms with Crippen LogP contribution in [0.4, 0.5) is 5.69 Å². The van der Waals surface area contributed by atoms with E-state index in [1.54, 1.807) is 48.5 Å². The van der Waals surface area contributed by atoms with E-state index in [9.17, 15) is 4.79 Å². The molecule has 0 saturated heterocycles. The van der Waals surface area contributed by atoms with Gasteiger partial charge in [0.15, 0.2) is 0 Å². The molecule has 0 fully saturated rings. The number of carbonyl (C=O) groups is 1. The van der Waals surface area contributed by atoms with Crippen LogP contribution in [0.15, 0.2) is 48.5 Å². The summed E-state index contributed by atoms with van der Waals surface area (Å²) < 4.78 is 5.62. The van der Waals surface area contributed by atoms with Crippen LogP contribution in [-0.2, 0) is 0 Å². The van der Waals surface area contributed by atoms with Crippen molar-refractivity contribution in [3.05, 3.63) is 59.7 Å². The number of hydrogen-bond acceptors (Lipinski definition) is 3. The molecule has 2 aromatic carbocycles. The van der Waals surface area contributed by atoms with E-state index in [4.69, 9.17) is 10.00 Å². The Bertz CT molecular complexity index is 670. The lowest BCUT2D eigenvalue weighted by molar-refractivity contribution is 0.102. The number of unbranched alkanes of at least 4 members (excludes halogenated alkanes) is 2. The molecule has 1 N–H and O–H groups in total. The molecule has 0 radical (unpaired) electrons. The van der Waals surface area contributed by atoms with Gasteiger partial charge in [0.2, 0.25) is 0 Å². The Hall–Kier alpha value is -2.80. The van der Waals surface area contributed by atoms with Crippen molar-refractivity contribution in [2.24, 2.45) is 0 Å². The Kier molecular flexibility index (Phi) is 6.19. The van der Waals surface area contributed by atoms with Crippen LogP contribution in [0.5, 0.6) is 5.75 Å². The molecule has 2 rings (SSSR count). The molecular formula is C19H20N2O2. The second-order valence-electron chi connectivity index (χ2n) is 5.22. The summed E-state index contributed by atoms with van der Waals surface area (Å²) in [6, 6.07) is 15.9. The molecule has 0 aromatic heterocycles. The number of hydrogen-bond donors (Lipinski definition) is 1. The smallest absolute Gasteiger partial charge is 0.255 e. The fourth-order valence-corrected chi connectivity index (χ4v) is 2.08. The lowest BCUT2D eigenvalue weighted by Crippen LogP contribution is -2.11. The van der Waals surface area contributed by atoms with Crippen molar-refractivity contribution in [3.8, 4) is 11.8 Å². The highest BCUT2D eigenvalue weighted by Crippen LogP contribution is 2.15. The van der Waals surface area contributed by atoms with E-state index in [-0.39, 0.29) is 5.91 Å². The predicted molar refractivity (Wildman–Crippen MR) is 90.6 cm³/mol. The van der Waals surface area contributed by atoms with Gasteiger partial charge in [-0.2, -0.15) is 5.26 Å². The Morgan fingerprint density at radius 1 is 1.09 bits per heavy atom. The van der Waals surface area contributed by atoms with E-state index in [0.717, 1.165) is 25.0 Å². The highest BCUT2D eigenvalue weighted by atomic mass is 16.5. The molecule has 4 nitrogen and oxygen atoms in total. The van der Waals surface area contributed by atoms with Gasteiger partial charge in [-0.05, 0) is 55.0 Å². The fraction of sp³-hybridized carbons (Fsp3) is 0.263. The SMILES string of the molecule is CCCCCOc1ccc(C(=O)Nc2ccc(C#N)cc2)cc1. The summed E-state index contributed by atoms with van der Waals surface area (Å²) in [7, 11) is 0. The van der Waals surface area contributed by atoms with Crippen molar-refractivity contribution in [2.75, 3.05) is 11.9 Å². The van der Waals surface area contributed by atoms with Crippen molar-refractivity contribution in [1.29, 1.82) is 5.26 Å². The molecule has 0 aliphatic heterocycles. The first-order chi connectivity index (χ1) is 11.2. The van der Waals surface area contributed by atoms with E-state index in [0.29, 0.717) is 23.4 Å². The Morgan fingerprint density at radius 2 is 1.78 bits per heavy atom. The summed E-state index contributed by atoms with van der Waals surface area (Å²) in [5.41, 5.74) is 1.79. The molecule has 2 aromatic rings. The minimum Gasteiger partial charge on any atom is -0.494 e. The first-order valence-corrected chi connectivity index (χ1v) is 7.77. The Morgan fingerprint density at radius 3 is 2.39 bits per heavy atom. The Labute approximate surface area is 136 Å². The first kappa shape index (κ1) is 16.6. The molecule has 0 unspecified atom stereocenters. The second kappa shape index (κ2) is 8.60. The minimum absolute atomic E-state index is 0.188. The third-order valence-electron chi connectivity index (χ3n) is 3.40. The predicted octanol–water partition coefficient (Wildman–Crippen LogP) is 4.38. The summed E-state index contributed by atoms with van der Waals surface area (Å²) in [5, 5.41) is 11.6. The third kappa shape index (κ3) is 5.15. The number of nitrogens with zero attached hydrogens (tertiary/aromatic N) is 1. The largest absolute Gasteiger partial charge is 0.494 e. The average Bonchev–Trinajstić information content (AvgIpc) is 2.60. The molecule has 0 spiro atoms. The fourth-order valence-electron chi connectivity index (χ4n) is 2.08. The highest BCUT2D eigenvalue weighted by Gasteiger charge is 2.06. The van der Waals surface area contributed by atoms with Gasteiger partial charge in [0.05, 0.1) is 18.2 Å². The van der Waals surface area contributed by atoms with Crippen molar-refractivity contribution < 1.29 is 9.53 Å². The van der Waals surface area contributed by atoms with Crippen LogP contribution in [-0.4, -0.2) is 12.5 Å². The van der Waals surface area contributed by atoms with E-state index in [1.165, 1.54) is 0 Å². The number of anilines is 1. The lowest BCUT2D eigenvalue weighted by Gasteiger charge is -2.08. The standard InChI is InChI=1S/C19H20N2O2/c1-2-3-4-13-23-18-11-7-16(8-12-18)19(22)21-17-9-5-15(14-20)6-10-17/h5-12H,2-4,13H2,1H3,(H,21,22). The number of nitriles is 1. The van der Waals surface area contributed by atoms with Crippen molar-refractivity contribution in [2.45, 2.75) is 26.2 Å². The zero-order chi connectivity index (χ0) is 16.5. The monoisotopic (exact) mass is 308 g/mol. The lowest BCUT2D eigenvalue weighted by atomic mass is 10.2. The second-order valence-corrected chi connectivity index (χ2v) is 5.22. The maximum Gasteiger partial charge on any atom is 0.255 e.